The van der Waals surface area contributed by atoms with Crippen molar-refractivity contribution in [3.63, 3.8) is 0 Å². The van der Waals surface area contributed by atoms with E-state index in [1.807, 2.05) is 38.1 Å². The standard InChI is InChI=1S/C23H27N9O.C2H6/c1-23(2)16(19(26)29-12-25)9-18(23)31-20-13(10-24)11-28-22(32-20)27-8-7-15-14-5-3-4-6-17(14)30-21(15)33;1-2/h3-6,11-12,15-16,18H,7-9H2,1-2H3,(H,30,33)(H3,25,26,29)(H2,27,28,31,32);1-2H3. The van der Waals surface area contributed by atoms with Crippen LogP contribution >= 0.6 is 0 Å². The molecule has 1 saturated carbocycles. The number of anilines is 3. The smallest absolute Gasteiger partial charge is 0.232 e. The Bertz CT molecular complexity index is 1150. The van der Waals surface area contributed by atoms with Gasteiger partial charge in [-0.25, -0.2) is 9.98 Å². The quantitative estimate of drug-likeness (QED) is 0.287. The van der Waals surface area contributed by atoms with Crippen LogP contribution in [0.3, 0.4) is 0 Å². The minimum Gasteiger partial charge on any atom is -0.387 e. The number of hydrogen-bond acceptors (Lipinski definition) is 7. The molecule has 0 radical (unpaired) electrons. The number of nitrogens with zero attached hydrogens (tertiary/aromatic N) is 4. The molecular weight excluding hydrogens is 442 g/mol. The van der Waals surface area contributed by atoms with E-state index in [4.69, 9.17) is 11.1 Å². The van der Waals surface area contributed by atoms with Crippen molar-refractivity contribution in [2.45, 2.75) is 52.5 Å². The number of aliphatic imine (C=N–C) groups is 1. The fourth-order valence-corrected chi connectivity index (χ4v) is 4.55. The van der Waals surface area contributed by atoms with Gasteiger partial charge in [-0.05, 0) is 29.9 Å². The lowest BCUT2D eigenvalue weighted by molar-refractivity contribution is -0.117. The molecule has 0 spiro atoms. The summed E-state index contributed by atoms with van der Waals surface area (Å²) in [6.45, 7) is 8.65. The summed E-state index contributed by atoms with van der Waals surface area (Å²) in [6.07, 6.45) is 3.77. The van der Waals surface area contributed by atoms with Crippen LogP contribution in [-0.4, -0.2) is 40.6 Å². The Morgan fingerprint density at radius 2 is 2.14 bits per heavy atom. The number of nitrogens with one attached hydrogen (secondary N) is 4. The third-order valence-electron chi connectivity index (χ3n) is 6.69. The molecule has 10 nitrogen and oxygen atoms in total. The maximum Gasteiger partial charge on any atom is 0.232 e. The summed E-state index contributed by atoms with van der Waals surface area (Å²) >= 11 is 0. The summed E-state index contributed by atoms with van der Waals surface area (Å²) in [7, 11) is 0. The molecule has 1 aromatic heterocycles. The molecule has 1 aliphatic carbocycles. The van der Waals surface area contributed by atoms with Gasteiger partial charge in [-0.3, -0.25) is 10.2 Å². The van der Waals surface area contributed by atoms with Gasteiger partial charge < -0.3 is 21.7 Å². The largest absolute Gasteiger partial charge is 0.387 e. The van der Waals surface area contributed by atoms with E-state index in [1.165, 1.54) is 6.20 Å². The van der Waals surface area contributed by atoms with Gasteiger partial charge in [0.15, 0.2) is 0 Å². The fourth-order valence-electron chi connectivity index (χ4n) is 4.55. The summed E-state index contributed by atoms with van der Waals surface area (Å²) in [6, 6.07) is 9.86. The maximum atomic E-state index is 12.3. The van der Waals surface area contributed by atoms with Gasteiger partial charge in [0.1, 0.15) is 29.6 Å². The highest BCUT2D eigenvalue weighted by molar-refractivity contribution is 6.02. The lowest BCUT2D eigenvalue weighted by Crippen LogP contribution is -2.58. The molecule has 2 aliphatic rings. The van der Waals surface area contributed by atoms with E-state index in [-0.39, 0.29) is 29.2 Å². The van der Waals surface area contributed by atoms with Crippen molar-refractivity contribution in [2.75, 3.05) is 22.5 Å². The molecule has 0 bridgehead atoms. The molecule has 35 heavy (non-hydrogen) atoms. The van der Waals surface area contributed by atoms with E-state index < -0.39 is 0 Å². The van der Waals surface area contributed by atoms with Gasteiger partial charge in [-0.1, -0.05) is 45.9 Å². The minimum absolute atomic E-state index is 0.00583. The van der Waals surface area contributed by atoms with Crippen molar-refractivity contribution < 1.29 is 4.79 Å². The van der Waals surface area contributed by atoms with Gasteiger partial charge in [0.05, 0.1) is 12.1 Å². The van der Waals surface area contributed by atoms with Gasteiger partial charge in [0.25, 0.3) is 0 Å². The predicted octanol–water partition coefficient (Wildman–Crippen LogP) is 3.70. The number of nitrogens with two attached hydrogens (primary N) is 1. The second kappa shape index (κ2) is 11.0. The van der Waals surface area contributed by atoms with Gasteiger partial charge in [-0.15, -0.1) is 0 Å². The molecule has 4 rings (SSSR count). The van der Waals surface area contributed by atoms with Crippen molar-refractivity contribution >= 4 is 35.5 Å². The Morgan fingerprint density at radius 3 is 2.83 bits per heavy atom. The highest BCUT2D eigenvalue weighted by Crippen LogP contribution is 2.47. The van der Waals surface area contributed by atoms with Crippen molar-refractivity contribution in [1.29, 1.82) is 10.7 Å². The number of benzene rings is 1. The highest BCUT2D eigenvalue weighted by Gasteiger charge is 2.50. The normalized spacial score (nSPS) is 21.9. The minimum atomic E-state index is -0.217. The third-order valence-corrected chi connectivity index (χ3v) is 6.69. The van der Waals surface area contributed by atoms with Crippen molar-refractivity contribution in [3.05, 3.63) is 41.6 Å². The van der Waals surface area contributed by atoms with E-state index in [0.717, 1.165) is 24.0 Å². The first-order valence-electron chi connectivity index (χ1n) is 11.8. The number of nitriles is 1. The number of amidine groups is 1. The summed E-state index contributed by atoms with van der Waals surface area (Å²) in [5, 5.41) is 26.1. The molecule has 184 valence electrons. The average molecular weight is 476 g/mol. The predicted molar refractivity (Wildman–Crippen MR) is 139 cm³/mol. The molecule has 1 amide bonds. The lowest BCUT2D eigenvalue weighted by atomic mass is 9.58. The topological polar surface area (TPSA) is 165 Å². The van der Waals surface area contributed by atoms with Crippen molar-refractivity contribution in [2.24, 2.45) is 22.1 Å². The van der Waals surface area contributed by atoms with Crippen LogP contribution in [0.4, 0.5) is 17.5 Å². The van der Waals surface area contributed by atoms with Crippen LogP contribution in [0.5, 0.6) is 0 Å². The van der Waals surface area contributed by atoms with E-state index in [2.05, 4.69) is 50.8 Å². The maximum absolute atomic E-state index is 12.3. The van der Waals surface area contributed by atoms with Crippen LogP contribution in [-0.2, 0) is 4.79 Å². The summed E-state index contributed by atoms with van der Waals surface area (Å²) in [5.74, 6) is 1.11. The van der Waals surface area contributed by atoms with Crippen LogP contribution in [0, 0.1) is 28.1 Å². The van der Waals surface area contributed by atoms with E-state index >= 15 is 0 Å². The monoisotopic (exact) mass is 475 g/mol. The molecule has 1 fully saturated rings. The van der Waals surface area contributed by atoms with Crippen LogP contribution in [0.1, 0.15) is 57.6 Å². The first-order valence-corrected chi connectivity index (χ1v) is 11.8. The molecule has 1 aromatic carbocycles. The van der Waals surface area contributed by atoms with Crippen LogP contribution in [0.15, 0.2) is 35.5 Å². The van der Waals surface area contributed by atoms with Gasteiger partial charge in [0, 0.05) is 24.2 Å². The molecule has 2 aromatic rings. The van der Waals surface area contributed by atoms with E-state index in [1.54, 1.807) is 0 Å². The number of fused-ring (bicyclic) bond motifs is 1. The number of rotatable bonds is 8. The van der Waals surface area contributed by atoms with Crippen LogP contribution < -0.4 is 21.7 Å². The summed E-state index contributed by atoms with van der Waals surface area (Å²) in [5.41, 5.74) is 8.00. The highest BCUT2D eigenvalue weighted by atomic mass is 16.2. The molecule has 3 unspecified atom stereocenters. The molecule has 0 saturated heterocycles. The summed E-state index contributed by atoms with van der Waals surface area (Å²) in [4.78, 5) is 25.0. The molecule has 3 atom stereocenters. The van der Waals surface area contributed by atoms with Gasteiger partial charge in [-0.2, -0.15) is 10.2 Å². The molecule has 2 heterocycles. The molecule has 1 aliphatic heterocycles. The van der Waals surface area contributed by atoms with Crippen molar-refractivity contribution in [3.8, 4) is 6.07 Å². The van der Waals surface area contributed by atoms with E-state index in [9.17, 15) is 10.1 Å². The van der Waals surface area contributed by atoms with E-state index in [0.29, 0.717) is 36.1 Å². The lowest BCUT2D eigenvalue weighted by Gasteiger charge is -2.52. The second-order valence-electron chi connectivity index (χ2n) is 8.90. The molecular formula is C25H33N9O. The number of amides is 1. The number of hydrogen-bond donors (Lipinski definition) is 5. The number of para-hydroxylation sites is 1. The van der Waals surface area contributed by atoms with Crippen molar-refractivity contribution in [1.82, 2.24) is 9.97 Å². The van der Waals surface area contributed by atoms with Crippen LogP contribution in [0.25, 0.3) is 0 Å². The Morgan fingerprint density at radius 1 is 1.40 bits per heavy atom. The third kappa shape index (κ3) is 5.24. The van der Waals surface area contributed by atoms with Gasteiger partial charge in [0.2, 0.25) is 11.9 Å². The summed E-state index contributed by atoms with van der Waals surface area (Å²) < 4.78 is 0. The Labute approximate surface area is 206 Å². The zero-order chi connectivity index (χ0) is 25.6. The zero-order valence-electron chi connectivity index (χ0n) is 20.6. The number of carbonyl (C=O) groups excluding carboxylic acids is 1. The SMILES string of the molecule is CC.CC1(C)C(Nc2nc(NCCC3C(=O)Nc4ccccc43)ncc2C#N)CC1C(N)=NC=N. The fraction of sp³-hybridized carbons (Fsp3) is 0.440. The van der Waals surface area contributed by atoms with Crippen LogP contribution in [0.2, 0.25) is 0 Å². The molecule has 10 heteroatoms. The zero-order valence-corrected chi connectivity index (χ0v) is 20.6. The Kier molecular flexibility index (Phi) is 8.02. The number of aromatic nitrogens is 2. The first kappa shape index (κ1) is 25.6. The molecule has 6 N–H and O–H groups in total. The Hall–Kier alpha value is -4.00. The van der Waals surface area contributed by atoms with Gasteiger partial charge >= 0.3 is 0 Å². The average Bonchev–Trinajstić information content (AvgIpc) is 3.18. The second-order valence-corrected chi connectivity index (χ2v) is 8.90. The first-order chi connectivity index (χ1) is 16.8. The number of carbonyl (C=O) groups is 1. The Balaban J connectivity index is 0.00000167.